The van der Waals surface area contributed by atoms with Crippen molar-refractivity contribution >= 4 is 11.8 Å². The third kappa shape index (κ3) is 3.95. The van der Waals surface area contributed by atoms with Crippen molar-refractivity contribution in [2.24, 2.45) is 23.2 Å². The van der Waals surface area contributed by atoms with Gasteiger partial charge in [0.05, 0.1) is 26.8 Å². The fourth-order valence-corrected chi connectivity index (χ4v) is 8.04. The SMILES string of the molecule is COc1cc2c(cc1OC)C(c1ccccc1)N(C(=O)CNC(=O)C13CC4CC(CC(C4)C1)C3)CC2. The number of fused-ring (bicyclic) bond motifs is 1. The first-order valence-electron chi connectivity index (χ1n) is 13.4. The standard InChI is InChI=1S/C30H36N2O4/c1-35-25-13-23-8-9-32(28(22-6-4-3-5-7-22)24(23)14-26(25)36-2)27(33)18-31-29(34)30-15-19-10-20(16-30)12-21(11-19)17-30/h3-7,13-14,19-21,28H,8-12,15-18H2,1-2H3,(H,31,34). The third-order valence-electron chi connectivity index (χ3n) is 9.23. The van der Waals surface area contributed by atoms with Gasteiger partial charge in [0, 0.05) is 12.0 Å². The quantitative estimate of drug-likeness (QED) is 0.650. The molecule has 4 saturated carbocycles. The van der Waals surface area contributed by atoms with Crippen molar-refractivity contribution in [3.63, 3.8) is 0 Å². The van der Waals surface area contributed by atoms with Gasteiger partial charge in [0.2, 0.25) is 11.8 Å². The number of hydrogen-bond acceptors (Lipinski definition) is 4. The maximum absolute atomic E-state index is 13.7. The maximum Gasteiger partial charge on any atom is 0.242 e. The van der Waals surface area contributed by atoms with E-state index < -0.39 is 0 Å². The van der Waals surface area contributed by atoms with Crippen LogP contribution in [-0.2, 0) is 16.0 Å². The van der Waals surface area contributed by atoms with Crippen molar-refractivity contribution in [1.82, 2.24) is 10.2 Å². The van der Waals surface area contributed by atoms with E-state index in [2.05, 4.69) is 17.4 Å². The van der Waals surface area contributed by atoms with Gasteiger partial charge < -0.3 is 19.7 Å². The Morgan fingerprint density at radius 3 is 2.17 bits per heavy atom. The van der Waals surface area contributed by atoms with Gasteiger partial charge >= 0.3 is 0 Å². The second kappa shape index (κ2) is 9.13. The van der Waals surface area contributed by atoms with Gasteiger partial charge in [-0.1, -0.05) is 30.3 Å². The van der Waals surface area contributed by atoms with Crippen molar-refractivity contribution in [2.75, 3.05) is 27.3 Å². The Bertz CT molecular complexity index is 1130. The highest BCUT2D eigenvalue weighted by atomic mass is 16.5. The zero-order valence-corrected chi connectivity index (χ0v) is 21.3. The number of rotatable bonds is 6. The van der Waals surface area contributed by atoms with E-state index in [0.717, 1.165) is 42.4 Å². The van der Waals surface area contributed by atoms with Crippen LogP contribution in [0.5, 0.6) is 11.5 Å². The summed E-state index contributed by atoms with van der Waals surface area (Å²) in [6.07, 6.45) is 7.63. The monoisotopic (exact) mass is 488 g/mol. The second-order valence-electron chi connectivity index (χ2n) is 11.4. The normalized spacial score (nSPS) is 30.0. The second-order valence-corrected chi connectivity index (χ2v) is 11.4. The number of benzene rings is 2. The number of hydrogen-bond donors (Lipinski definition) is 1. The molecule has 2 amide bonds. The Morgan fingerprint density at radius 1 is 0.944 bits per heavy atom. The summed E-state index contributed by atoms with van der Waals surface area (Å²) in [4.78, 5) is 29.1. The zero-order chi connectivity index (χ0) is 24.9. The van der Waals surface area contributed by atoms with Crippen molar-refractivity contribution in [3.8, 4) is 11.5 Å². The van der Waals surface area contributed by atoms with Gasteiger partial charge in [-0.05, 0) is 91.5 Å². The van der Waals surface area contributed by atoms with Crippen LogP contribution in [0.1, 0.15) is 61.3 Å². The van der Waals surface area contributed by atoms with E-state index in [1.54, 1.807) is 14.2 Å². The smallest absolute Gasteiger partial charge is 0.242 e. The molecule has 190 valence electrons. The lowest BCUT2D eigenvalue weighted by Gasteiger charge is -2.55. The molecule has 1 N–H and O–H groups in total. The fraction of sp³-hybridized carbons (Fsp3) is 0.533. The molecular formula is C30H36N2O4. The first-order valence-corrected chi connectivity index (χ1v) is 13.4. The minimum Gasteiger partial charge on any atom is -0.493 e. The molecule has 0 spiro atoms. The van der Waals surface area contributed by atoms with Crippen molar-refractivity contribution < 1.29 is 19.1 Å². The predicted octanol–water partition coefficient (Wildman–Crippen LogP) is 4.51. The van der Waals surface area contributed by atoms with E-state index in [-0.39, 0.29) is 29.8 Å². The molecule has 36 heavy (non-hydrogen) atoms. The summed E-state index contributed by atoms with van der Waals surface area (Å²) in [5.41, 5.74) is 3.01. The van der Waals surface area contributed by atoms with Crippen LogP contribution < -0.4 is 14.8 Å². The van der Waals surface area contributed by atoms with Crippen LogP contribution >= 0.6 is 0 Å². The van der Waals surface area contributed by atoms with Gasteiger partial charge in [-0.2, -0.15) is 0 Å². The molecule has 4 fully saturated rings. The number of carbonyl (C=O) groups is 2. The predicted molar refractivity (Wildman–Crippen MR) is 137 cm³/mol. The van der Waals surface area contributed by atoms with Crippen molar-refractivity contribution in [1.29, 1.82) is 0 Å². The Morgan fingerprint density at radius 2 is 1.56 bits per heavy atom. The first-order chi connectivity index (χ1) is 17.5. The van der Waals surface area contributed by atoms with Gasteiger partial charge in [0.15, 0.2) is 11.5 Å². The maximum atomic E-state index is 13.7. The van der Waals surface area contributed by atoms with E-state index in [4.69, 9.17) is 9.47 Å². The molecule has 1 atom stereocenters. The Balaban J connectivity index is 1.24. The van der Waals surface area contributed by atoms with Gasteiger partial charge in [0.1, 0.15) is 0 Å². The summed E-state index contributed by atoms with van der Waals surface area (Å²) in [5, 5.41) is 3.10. The zero-order valence-electron chi connectivity index (χ0n) is 21.3. The minimum absolute atomic E-state index is 0.0395. The molecule has 4 aliphatic carbocycles. The van der Waals surface area contributed by atoms with Crippen LogP contribution in [0, 0.1) is 23.2 Å². The average Bonchev–Trinajstić information content (AvgIpc) is 2.89. The van der Waals surface area contributed by atoms with Crippen LogP contribution in [0.4, 0.5) is 0 Å². The summed E-state index contributed by atoms with van der Waals surface area (Å²) < 4.78 is 11.1. The van der Waals surface area contributed by atoms with Gasteiger partial charge in [0.25, 0.3) is 0 Å². The van der Waals surface area contributed by atoms with E-state index in [1.165, 1.54) is 19.3 Å². The van der Waals surface area contributed by atoms with Crippen LogP contribution in [-0.4, -0.2) is 44.0 Å². The lowest BCUT2D eigenvalue weighted by molar-refractivity contribution is -0.148. The molecule has 6 heteroatoms. The lowest BCUT2D eigenvalue weighted by Crippen LogP contribution is -2.55. The van der Waals surface area contributed by atoms with E-state index in [1.807, 2.05) is 35.2 Å². The topological polar surface area (TPSA) is 67.9 Å². The largest absolute Gasteiger partial charge is 0.493 e. The Hall–Kier alpha value is -3.02. The minimum atomic E-state index is -0.244. The molecule has 1 unspecified atom stereocenters. The number of nitrogens with zero attached hydrogens (tertiary/aromatic N) is 1. The van der Waals surface area contributed by atoms with Crippen LogP contribution in [0.15, 0.2) is 42.5 Å². The highest BCUT2D eigenvalue weighted by Gasteiger charge is 2.54. The van der Waals surface area contributed by atoms with Crippen molar-refractivity contribution in [2.45, 2.75) is 51.0 Å². The molecule has 0 saturated heterocycles. The molecule has 0 radical (unpaired) electrons. The van der Waals surface area contributed by atoms with E-state index in [9.17, 15) is 9.59 Å². The lowest BCUT2D eigenvalue weighted by atomic mass is 9.49. The summed E-state index contributed by atoms with van der Waals surface area (Å²) in [6.45, 7) is 0.640. The molecular weight excluding hydrogens is 452 g/mol. The molecule has 7 rings (SSSR count). The Kier molecular flexibility index (Phi) is 5.93. The molecule has 2 aromatic rings. The molecule has 0 aromatic heterocycles. The van der Waals surface area contributed by atoms with Crippen LogP contribution in [0.2, 0.25) is 0 Å². The van der Waals surface area contributed by atoms with E-state index >= 15 is 0 Å². The molecule has 1 aliphatic heterocycles. The molecule has 1 heterocycles. The first kappa shape index (κ1) is 23.4. The number of methoxy groups -OCH3 is 2. The van der Waals surface area contributed by atoms with Gasteiger partial charge in [-0.3, -0.25) is 9.59 Å². The summed E-state index contributed by atoms with van der Waals surface area (Å²) in [7, 11) is 3.28. The van der Waals surface area contributed by atoms with E-state index in [0.29, 0.717) is 35.8 Å². The molecule has 2 aromatic carbocycles. The number of amides is 2. The number of nitrogens with one attached hydrogen (secondary N) is 1. The average molecular weight is 489 g/mol. The summed E-state index contributed by atoms with van der Waals surface area (Å²) in [5.74, 6) is 3.52. The molecule has 5 aliphatic rings. The third-order valence-corrected chi connectivity index (χ3v) is 9.23. The highest BCUT2D eigenvalue weighted by Crippen LogP contribution is 2.60. The summed E-state index contributed by atoms with van der Waals surface area (Å²) >= 11 is 0. The van der Waals surface area contributed by atoms with Gasteiger partial charge in [-0.15, -0.1) is 0 Å². The summed E-state index contributed by atoms with van der Waals surface area (Å²) in [6, 6.07) is 13.9. The van der Waals surface area contributed by atoms with Crippen molar-refractivity contribution in [3.05, 3.63) is 59.2 Å². The number of ether oxygens (including phenoxy) is 2. The Labute approximate surface area is 213 Å². The molecule has 4 bridgehead atoms. The van der Waals surface area contributed by atoms with Gasteiger partial charge in [-0.25, -0.2) is 0 Å². The highest BCUT2D eigenvalue weighted by molar-refractivity contribution is 5.88. The fourth-order valence-electron chi connectivity index (χ4n) is 8.04. The molecule has 6 nitrogen and oxygen atoms in total. The number of carbonyl (C=O) groups excluding carboxylic acids is 2. The van der Waals surface area contributed by atoms with Crippen LogP contribution in [0.3, 0.4) is 0 Å². The van der Waals surface area contributed by atoms with Crippen LogP contribution in [0.25, 0.3) is 0 Å².